The Hall–Kier alpha value is -0.120. The molecule has 18 heavy (non-hydrogen) atoms. The van der Waals surface area contributed by atoms with E-state index < -0.39 is 0 Å². The summed E-state index contributed by atoms with van der Waals surface area (Å²) in [4.78, 5) is 2.49. The van der Waals surface area contributed by atoms with Crippen LogP contribution in [0.5, 0.6) is 0 Å². The summed E-state index contributed by atoms with van der Waals surface area (Å²) in [6.07, 6.45) is 6.73. The molecule has 2 atom stereocenters. The molecule has 2 unspecified atom stereocenters. The minimum Gasteiger partial charge on any atom is -0.314 e. The average Bonchev–Trinajstić information content (AvgIpc) is 2.28. The molecule has 3 heteroatoms. The summed E-state index contributed by atoms with van der Waals surface area (Å²) in [5.74, 6) is 0.922. The van der Waals surface area contributed by atoms with Crippen LogP contribution in [0.25, 0.3) is 0 Å². The van der Waals surface area contributed by atoms with Gasteiger partial charge in [-0.15, -0.1) is 0 Å². The van der Waals surface area contributed by atoms with Crippen molar-refractivity contribution in [3.8, 4) is 0 Å². The minimum atomic E-state index is 0.320. The largest absolute Gasteiger partial charge is 0.314 e. The Balaban J connectivity index is 1.63. The van der Waals surface area contributed by atoms with Crippen LogP contribution in [0.1, 0.15) is 46.0 Å². The number of nitrogens with one attached hydrogen (secondary N) is 2. The van der Waals surface area contributed by atoms with Gasteiger partial charge in [-0.1, -0.05) is 0 Å². The van der Waals surface area contributed by atoms with Crippen molar-refractivity contribution in [3.63, 3.8) is 0 Å². The summed E-state index contributed by atoms with van der Waals surface area (Å²) >= 11 is 0. The molecule has 0 aromatic rings. The van der Waals surface area contributed by atoms with Gasteiger partial charge >= 0.3 is 0 Å². The van der Waals surface area contributed by atoms with Crippen LogP contribution in [-0.4, -0.2) is 49.7 Å². The lowest BCUT2D eigenvalue weighted by Gasteiger charge is -2.37. The molecular weight excluding hydrogens is 222 g/mol. The zero-order chi connectivity index (χ0) is 13.0. The number of hydrogen-bond acceptors (Lipinski definition) is 3. The van der Waals surface area contributed by atoms with Crippen molar-refractivity contribution in [3.05, 3.63) is 0 Å². The van der Waals surface area contributed by atoms with Crippen LogP contribution in [0, 0.1) is 5.92 Å². The number of nitrogens with zero attached hydrogens (tertiary/aromatic N) is 1. The Labute approximate surface area is 113 Å². The van der Waals surface area contributed by atoms with E-state index in [0.717, 1.165) is 18.5 Å². The van der Waals surface area contributed by atoms with Gasteiger partial charge in [0, 0.05) is 18.1 Å². The van der Waals surface area contributed by atoms with Crippen LogP contribution in [0.15, 0.2) is 0 Å². The van der Waals surface area contributed by atoms with E-state index in [1.54, 1.807) is 0 Å². The molecule has 0 saturated carbocycles. The van der Waals surface area contributed by atoms with E-state index in [2.05, 4.69) is 36.4 Å². The van der Waals surface area contributed by atoms with E-state index in [0.29, 0.717) is 5.54 Å². The maximum atomic E-state index is 3.78. The number of hydrogen-bond donors (Lipinski definition) is 2. The summed E-state index contributed by atoms with van der Waals surface area (Å²) in [5, 5.41) is 7.37. The Bertz CT molecular complexity index is 252. The SMILES string of the molecule is CN1CCCC(CCNC2CCNC(C)(C)C2)C1. The van der Waals surface area contributed by atoms with Gasteiger partial charge in [-0.05, 0) is 78.6 Å². The molecule has 2 saturated heterocycles. The molecule has 2 N–H and O–H groups in total. The van der Waals surface area contributed by atoms with Gasteiger partial charge < -0.3 is 15.5 Å². The Morgan fingerprint density at radius 2 is 2.17 bits per heavy atom. The molecule has 0 aromatic heterocycles. The Morgan fingerprint density at radius 3 is 2.89 bits per heavy atom. The summed E-state index contributed by atoms with van der Waals surface area (Å²) in [5.41, 5.74) is 0.320. The van der Waals surface area contributed by atoms with Gasteiger partial charge in [0.2, 0.25) is 0 Å². The molecule has 2 heterocycles. The van der Waals surface area contributed by atoms with Gasteiger partial charge in [0.25, 0.3) is 0 Å². The second kappa shape index (κ2) is 6.36. The monoisotopic (exact) mass is 253 g/mol. The third-order valence-corrected chi connectivity index (χ3v) is 4.56. The highest BCUT2D eigenvalue weighted by molar-refractivity contribution is 4.89. The van der Waals surface area contributed by atoms with E-state index in [9.17, 15) is 0 Å². The lowest BCUT2D eigenvalue weighted by atomic mass is 9.89. The second-order valence-corrected chi connectivity index (χ2v) is 7.01. The smallest absolute Gasteiger partial charge is 0.0139 e. The molecule has 2 aliphatic rings. The molecule has 106 valence electrons. The van der Waals surface area contributed by atoms with Gasteiger partial charge in [0.1, 0.15) is 0 Å². The van der Waals surface area contributed by atoms with Crippen molar-refractivity contribution in [2.75, 3.05) is 33.2 Å². The zero-order valence-corrected chi connectivity index (χ0v) is 12.5. The summed E-state index contributed by atoms with van der Waals surface area (Å²) < 4.78 is 0. The van der Waals surface area contributed by atoms with E-state index in [4.69, 9.17) is 0 Å². The lowest BCUT2D eigenvalue weighted by molar-refractivity contribution is 0.195. The fourth-order valence-corrected chi connectivity index (χ4v) is 3.55. The van der Waals surface area contributed by atoms with E-state index in [1.165, 1.54) is 51.7 Å². The molecule has 0 bridgehead atoms. The number of rotatable bonds is 4. The topological polar surface area (TPSA) is 27.3 Å². The van der Waals surface area contributed by atoms with Gasteiger partial charge in [0.15, 0.2) is 0 Å². The number of likely N-dealkylation sites (tertiary alicyclic amines) is 1. The second-order valence-electron chi connectivity index (χ2n) is 7.01. The van der Waals surface area contributed by atoms with Gasteiger partial charge in [-0.25, -0.2) is 0 Å². The predicted octanol–water partition coefficient (Wildman–Crippen LogP) is 1.84. The third kappa shape index (κ3) is 4.52. The first-order valence-electron chi connectivity index (χ1n) is 7.72. The summed E-state index contributed by atoms with van der Waals surface area (Å²) in [6.45, 7) is 9.61. The summed E-state index contributed by atoms with van der Waals surface area (Å²) in [7, 11) is 2.26. The lowest BCUT2D eigenvalue weighted by Crippen LogP contribution is -2.52. The minimum absolute atomic E-state index is 0.320. The van der Waals surface area contributed by atoms with Crippen LogP contribution in [0.2, 0.25) is 0 Å². The van der Waals surface area contributed by atoms with Crippen molar-refractivity contribution in [1.82, 2.24) is 15.5 Å². The molecule has 2 aliphatic heterocycles. The predicted molar refractivity (Wildman–Crippen MR) is 77.9 cm³/mol. The van der Waals surface area contributed by atoms with Crippen LogP contribution in [0.4, 0.5) is 0 Å². The molecule has 0 spiro atoms. The van der Waals surface area contributed by atoms with Crippen molar-refractivity contribution >= 4 is 0 Å². The highest BCUT2D eigenvalue weighted by Gasteiger charge is 2.27. The first-order valence-corrected chi connectivity index (χ1v) is 7.72. The molecule has 0 amide bonds. The molecule has 2 fully saturated rings. The Morgan fingerprint density at radius 1 is 1.33 bits per heavy atom. The van der Waals surface area contributed by atoms with Crippen LogP contribution < -0.4 is 10.6 Å². The first-order chi connectivity index (χ1) is 8.55. The van der Waals surface area contributed by atoms with Gasteiger partial charge in [-0.2, -0.15) is 0 Å². The van der Waals surface area contributed by atoms with Crippen LogP contribution in [-0.2, 0) is 0 Å². The summed E-state index contributed by atoms with van der Waals surface area (Å²) in [6, 6.07) is 0.725. The molecule has 0 radical (unpaired) electrons. The first kappa shape index (κ1) is 14.3. The fraction of sp³-hybridized carbons (Fsp3) is 1.00. The quantitative estimate of drug-likeness (QED) is 0.800. The maximum Gasteiger partial charge on any atom is 0.0139 e. The standard InChI is InChI=1S/C15H31N3/c1-15(2)11-14(7-9-17-15)16-8-6-13-5-4-10-18(3)12-13/h13-14,16-17H,4-12H2,1-3H3. The third-order valence-electron chi connectivity index (χ3n) is 4.56. The molecule has 0 aromatic carbocycles. The van der Waals surface area contributed by atoms with E-state index in [-0.39, 0.29) is 0 Å². The van der Waals surface area contributed by atoms with Crippen molar-refractivity contribution < 1.29 is 0 Å². The Kier molecular flexibility index (Phi) is 5.05. The normalized spacial score (nSPS) is 33.5. The zero-order valence-electron chi connectivity index (χ0n) is 12.5. The van der Waals surface area contributed by atoms with Crippen molar-refractivity contribution in [1.29, 1.82) is 0 Å². The molecule has 0 aliphatic carbocycles. The molecule has 2 rings (SSSR count). The highest BCUT2D eigenvalue weighted by Crippen LogP contribution is 2.20. The van der Waals surface area contributed by atoms with E-state index >= 15 is 0 Å². The van der Waals surface area contributed by atoms with Gasteiger partial charge in [0.05, 0.1) is 0 Å². The van der Waals surface area contributed by atoms with Crippen LogP contribution in [0.3, 0.4) is 0 Å². The van der Waals surface area contributed by atoms with Gasteiger partial charge in [-0.3, -0.25) is 0 Å². The van der Waals surface area contributed by atoms with E-state index in [1.807, 2.05) is 0 Å². The van der Waals surface area contributed by atoms with Crippen LogP contribution >= 0.6 is 0 Å². The molecular formula is C15H31N3. The highest BCUT2D eigenvalue weighted by atomic mass is 15.1. The molecule has 3 nitrogen and oxygen atoms in total. The average molecular weight is 253 g/mol. The van der Waals surface area contributed by atoms with Crippen molar-refractivity contribution in [2.24, 2.45) is 5.92 Å². The fourth-order valence-electron chi connectivity index (χ4n) is 3.55. The maximum absolute atomic E-state index is 3.78. The number of piperidine rings is 2. The van der Waals surface area contributed by atoms with Crippen molar-refractivity contribution in [2.45, 2.75) is 57.5 Å².